The van der Waals surface area contributed by atoms with Gasteiger partial charge >= 0.3 is 0 Å². The van der Waals surface area contributed by atoms with E-state index in [2.05, 4.69) is 30.8 Å². The Bertz CT molecular complexity index is 1250. The number of hydrogen-bond acceptors (Lipinski definition) is 4. The Morgan fingerprint density at radius 1 is 1.03 bits per heavy atom. The van der Waals surface area contributed by atoms with E-state index >= 15 is 0 Å². The van der Waals surface area contributed by atoms with Crippen LogP contribution in [0.4, 0.5) is 5.69 Å². The van der Waals surface area contributed by atoms with Crippen LogP contribution < -0.4 is 15.0 Å². The fourth-order valence-electron chi connectivity index (χ4n) is 4.11. The van der Waals surface area contributed by atoms with Crippen LogP contribution in [-0.4, -0.2) is 26.8 Å². The summed E-state index contributed by atoms with van der Waals surface area (Å²) in [4.78, 5) is 11.0. The molecule has 8 heteroatoms. The molecule has 0 spiro atoms. The lowest BCUT2D eigenvalue weighted by Crippen LogP contribution is -2.30. The van der Waals surface area contributed by atoms with Gasteiger partial charge in [0.05, 0.1) is 35.8 Å². The van der Waals surface area contributed by atoms with Crippen molar-refractivity contribution < 1.29 is 4.74 Å². The molecule has 4 heterocycles. The number of pyridine rings is 2. The van der Waals surface area contributed by atoms with Gasteiger partial charge in [-0.15, -0.1) is 0 Å². The largest absolute Gasteiger partial charge is 0.495 e. The third-order valence-corrected chi connectivity index (χ3v) is 6.13. The third kappa shape index (κ3) is 3.59. The molecule has 0 amide bonds. The molecule has 0 bridgehead atoms. The molecule has 2 unspecified atom stereocenters. The standard InChI is InChI=1S/C24H20ClN5OS/c1-31-21-10-9-16(14-18(21)25)30-23(22(28-24(30)32)19-7-2-3-12-27-19)20-8-5-13-29(20)17-6-4-11-26-15-17/h2-15,22-23H,1H3,(H,28,32). The molecule has 5 rings (SSSR count). The Balaban J connectivity index is 1.66. The smallest absolute Gasteiger partial charge is 0.174 e. The summed E-state index contributed by atoms with van der Waals surface area (Å²) in [5, 5.41) is 4.60. The molecule has 2 atom stereocenters. The lowest BCUT2D eigenvalue weighted by molar-refractivity contribution is 0.415. The van der Waals surface area contributed by atoms with E-state index in [4.69, 9.17) is 28.6 Å². The van der Waals surface area contributed by atoms with Gasteiger partial charge in [-0.2, -0.15) is 0 Å². The van der Waals surface area contributed by atoms with Crippen molar-refractivity contribution in [1.82, 2.24) is 19.9 Å². The van der Waals surface area contributed by atoms with Crippen molar-refractivity contribution in [2.24, 2.45) is 0 Å². The number of ether oxygens (including phenoxy) is 1. The van der Waals surface area contributed by atoms with Gasteiger partial charge in [0.15, 0.2) is 5.11 Å². The summed E-state index contributed by atoms with van der Waals surface area (Å²) >= 11 is 12.3. The molecule has 1 aliphatic rings. The Morgan fingerprint density at radius 3 is 2.66 bits per heavy atom. The van der Waals surface area contributed by atoms with E-state index in [0.717, 1.165) is 22.8 Å². The van der Waals surface area contributed by atoms with Crippen LogP contribution in [0, 0.1) is 0 Å². The minimum Gasteiger partial charge on any atom is -0.495 e. The third-order valence-electron chi connectivity index (χ3n) is 5.52. The minimum absolute atomic E-state index is 0.158. The van der Waals surface area contributed by atoms with Gasteiger partial charge < -0.3 is 19.5 Å². The number of halogens is 1. The van der Waals surface area contributed by atoms with Gasteiger partial charge in [-0.3, -0.25) is 9.97 Å². The number of methoxy groups -OCH3 is 1. The molecule has 0 aliphatic carbocycles. The second kappa shape index (κ2) is 8.61. The fourth-order valence-corrected chi connectivity index (χ4v) is 4.70. The number of benzene rings is 1. The van der Waals surface area contributed by atoms with Crippen LogP contribution in [0.5, 0.6) is 5.75 Å². The molecular weight excluding hydrogens is 442 g/mol. The first-order chi connectivity index (χ1) is 15.7. The zero-order valence-corrected chi connectivity index (χ0v) is 18.8. The zero-order valence-electron chi connectivity index (χ0n) is 17.2. The van der Waals surface area contributed by atoms with Gasteiger partial charge in [-0.25, -0.2) is 0 Å². The molecule has 1 aliphatic heterocycles. The van der Waals surface area contributed by atoms with Crippen molar-refractivity contribution in [1.29, 1.82) is 0 Å². The first-order valence-electron chi connectivity index (χ1n) is 10.1. The Hall–Kier alpha value is -3.42. The molecule has 4 aromatic rings. The highest BCUT2D eigenvalue weighted by Gasteiger charge is 2.42. The molecule has 1 saturated heterocycles. The van der Waals surface area contributed by atoms with Crippen LogP contribution >= 0.6 is 23.8 Å². The number of aromatic nitrogens is 3. The number of nitrogens with one attached hydrogen (secondary N) is 1. The van der Waals surface area contributed by atoms with Crippen LogP contribution in [0.25, 0.3) is 5.69 Å². The highest BCUT2D eigenvalue weighted by atomic mass is 35.5. The summed E-state index contributed by atoms with van der Waals surface area (Å²) in [5.41, 5.74) is 3.79. The van der Waals surface area contributed by atoms with Crippen molar-refractivity contribution in [2.45, 2.75) is 12.1 Å². The molecule has 6 nitrogen and oxygen atoms in total. The van der Waals surface area contributed by atoms with Crippen LogP contribution in [0.2, 0.25) is 5.02 Å². The van der Waals surface area contributed by atoms with E-state index in [1.54, 1.807) is 19.5 Å². The van der Waals surface area contributed by atoms with E-state index in [9.17, 15) is 0 Å². The van der Waals surface area contributed by atoms with Gasteiger partial charge in [0.2, 0.25) is 0 Å². The maximum absolute atomic E-state index is 6.47. The van der Waals surface area contributed by atoms with E-state index in [1.807, 2.05) is 67.0 Å². The molecule has 160 valence electrons. The number of rotatable bonds is 5. The normalized spacial score (nSPS) is 17.9. The van der Waals surface area contributed by atoms with Crippen LogP contribution in [0.1, 0.15) is 23.5 Å². The maximum atomic E-state index is 6.47. The van der Waals surface area contributed by atoms with Crippen LogP contribution in [-0.2, 0) is 0 Å². The van der Waals surface area contributed by atoms with Crippen molar-refractivity contribution in [3.05, 3.63) is 102 Å². The van der Waals surface area contributed by atoms with Crippen LogP contribution in [0.15, 0.2) is 85.5 Å². The fraction of sp³-hybridized carbons (Fsp3) is 0.125. The van der Waals surface area contributed by atoms with Crippen molar-refractivity contribution in [2.75, 3.05) is 12.0 Å². The summed E-state index contributed by atoms with van der Waals surface area (Å²) in [5.74, 6) is 0.616. The van der Waals surface area contributed by atoms with Gasteiger partial charge in [0.25, 0.3) is 0 Å². The maximum Gasteiger partial charge on any atom is 0.174 e. The summed E-state index contributed by atoms with van der Waals surface area (Å²) in [6.07, 6.45) is 7.43. The van der Waals surface area contributed by atoms with E-state index in [0.29, 0.717) is 15.9 Å². The number of anilines is 1. The summed E-state index contributed by atoms with van der Waals surface area (Å²) in [6.45, 7) is 0. The average Bonchev–Trinajstić information content (AvgIpc) is 3.44. The Morgan fingerprint density at radius 2 is 1.94 bits per heavy atom. The molecular formula is C24H20ClN5OS. The van der Waals surface area contributed by atoms with Gasteiger partial charge in [-0.05, 0) is 66.8 Å². The summed E-state index contributed by atoms with van der Waals surface area (Å²) in [7, 11) is 1.60. The molecule has 3 aromatic heterocycles. The van der Waals surface area contributed by atoms with Crippen LogP contribution in [0.3, 0.4) is 0 Å². The van der Waals surface area contributed by atoms with Gasteiger partial charge in [0.1, 0.15) is 11.8 Å². The summed E-state index contributed by atoms with van der Waals surface area (Å²) < 4.78 is 7.46. The molecule has 1 aromatic carbocycles. The van der Waals surface area contributed by atoms with E-state index < -0.39 is 0 Å². The van der Waals surface area contributed by atoms with Crippen molar-refractivity contribution in [3.63, 3.8) is 0 Å². The number of hydrogen-bond donors (Lipinski definition) is 1. The molecule has 0 saturated carbocycles. The minimum atomic E-state index is -0.169. The number of nitrogens with zero attached hydrogens (tertiary/aromatic N) is 4. The Kier molecular flexibility index (Phi) is 5.51. The lowest BCUT2D eigenvalue weighted by Gasteiger charge is -2.29. The second-order valence-electron chi connectivity index (χ2n) is 7.33. The highest BCUT2D eigenvalue weighted by molar-refractivity contribution is 7.80. The Labute approximate surface area is 196 Å². The monoisotopic (exact) mass is 461 g/mol. The number of thiocarbonyl (C=S) groups is 1. The molecule has 32 heavy (non-hydrogen) atoms. The first-order valence-corrected chi connectivity index (χ1v) is 10.9. The zero-order chi connectivity index (χ0) is 22.1. The second-order valence-corrected chi connectivity index (χ2v) is 8.12. The van der Waals surface area contributed by atoms with Gasteiger partial charge in [0, 0.05) is 30.0 Å². The van der Waals surface area contributed by atoms with E-state index in [1.165, 1.54) is 0 Å². The SMILES string of the molecule is COc1ccc(N2C(=S)NC(c3ccccn3)C2c2cccn2-c2cccnc2)cc1Cl. The predicted molar refractivity (Wildman–Crippen MR) is 129 cm³/mol. The van der Waals surface area contributed by atoms with Crippen molar-refractivity contribution in [3.8, 4) is 11.4 Å². The average molecular weight is 462 g/mol. The summed E-state index contributed by atoms with van der Waals surface area (Å²) in [6, 6.07) is 19.3. The molecule has 1 N–H and O–H groups in total. The predicted octanol–water partition coefficient (Wildman–Crippen LogP) is 5.11. The molecule has 0 radical (unpaired) electrons. The lowest BCUT2D eigenvalue weighted by atomic mass is 10.0. The highest BCUT2D eigenvalue weighted by Crippen LogP contribution is 2.43. The van der Waals surface area contributed by atoms with Crippen molar-refractivity contribution >= 4 is 34.6 Å². The first kappa shape index (κ1) is 20.5. The molecule has 1 fully saturated rings. The van der Waals surface area contributed by atoms with Gasteiger partial charge in [-0.1, -0.05) is 17.7 Å². The topological polar surface area (TPSA) is 55.2 Å². The van der Waals surface area contributed by atoms with E-state index in [-0.39, 0.29) is 12.1 Å². The quantitative estimate of drug-likeness (QED) is 0.417.